The fraction of sp³-hybridized carbons (Fsp3) is 0.308. The molecular weight excluding hydrogens is 475 g/mol. The predicted molar refractivity (Wildman–Crippen MR) is 124 cm³/mol. The Hall–Kier alpha value is -3.79. The lowest BCUT2D eigenvalue weighted by atomic mass is 9.97. The van der Waals surface area contributed by atoms with Gasteiger partial charge in [-0.1, -0.05) is 6.07 Å². The lowest BCUT2D eigenvalue weighted by Crippen LogP contribution is -2.59. The standard InChI is InChI=1S/C26H24F3N3O4/c1-14-10-31(13-30-14)20-5-4-16(6-23(20)34-3)7-24-26(33)32-21(15(2)36-24)11-35-12-22(32)17-8-18(27)25(29)19(28)9-17/h4-10,13,15,21-22H,11-12H2,1-3H3/b24-7-/t15-,21?,22?/m1/s1. The highest BCUT2D eigenvalue weighted by atomic mass is 19.2. The van der Waals surface area contributed by atoms with Crippen LogP contribution in [0.1, 0.15) is 29.8 Å². The van der Waals surface area contributed by atoms with Gasteiger partial charge in [-0.25, -0.2) is 18.2 Å². The molecule has 3 aromatic rings. The summed E-state index contributed by atoms with van der Waals surface area (Å²) in [6.07, 6.45) is 4.69. The van der Waals surface area contributed by atoms with Crippen LogP contribution in [0.3, 0.4) is 0 Å². The van der Waals surface area contributed by atoms with E-state index >= 15 is 0 Å². The zero-order chi connectivity index (χ0) is 25.6. The maximum absolute atomic E-state index is 14.0. The van der Waals surface area contributed by atoms with E-state index in [0.29, 0.717) is 11.3 Å². The third kappa shape index (κ3) is 4.21. The van der Waals surface area contributed by atoms with E-state index in [1.807, 2.05) is 29.8 Å². The lowest BCUT2D eigenvalue weighted by Gasteiger charge is -2.47. The minimum atomic E-state index is -1.56. The van der Waals surface area contributed by atoms with Crippen molar-refractivity contribution in [3.8, 4) is 11.4 Å². The summed E-state index contributed by atoms with van der Waals surface area (Å²) in [7, 11) is 1.55. The van der Waals surface area contributed by atoms with Gasteiger partial charge in [0.05, 0.1) is 50.1 Å². The number of aromatic nitrogens is 2. The Kier molecular flexibility index (Phi) is 6.21. The monoisotopic (exact) mass is 499 g/mol. The van der Waals surface area contributed by atoms with Gasteiger partial charge < -0.3 is 23.7 Å². The molecule has 0 radical (unpaired) electrons. The van der Waals surface area contributed by atoms with Crippen LogP contribution in [-0.2, 0) is 14.3 Å². The summed E-state index contributed by atoms with van der Waals surface area (Å²) in [5.41, 5.74) is 2.40. The highest BCUT2D eigenvalue weighted by Gasteiger charge is 2.45. The second kappa shape index (κ2) is 9.34. The number of hydrogen-bond donors (Lipinski definition) is 0. The van der Waals surface area contributed by atoms with Gasteiger partial charge >= 0.3 is 0 Å². The number of rotatable bonds is 4. The average molecular weight is 499 g/mol. The number of benzene rings is 2. The van der Waals surface area contributed by atoms with Gasteiger partial charge in [0.15, 0.2) is 23.2 Å². The first kappa shape index (κ1) is 23.9. The fourth-order valence-electron chi connectivity index (χ4n) is 4.62. The van der Waals surface area contributed by atoms with Crippen molar-refractivity contribution in [2.24, 2.45) is 0 Å². The minimum absolute atomic E-state index is 0.0135. The van der Waals surface area contributed by atoms with Crippen molar-refractivity contribution in [1.29, 1.82) is 0 Å². The second-order valence-corrected chi connectivity index (χ2v) is 8.82. The molecule has 2 aromatic carbocycles. The van der Waals surface area contributed by atoms with Gasteiger partial charge in [-0.2, -0.15) is 0 Å². The Morgan fingerprint density at radius 3 is 2.56 bits per heavy atom. The van der Waals surface area contributed by atoms with Crippen LogP contribution in [0.15, 0.2) is 48.6 Å². The van der Waals surface area contributed by atoms with Gasteiger partial charge in [-0.15, -0.1) is 0 Å². The molecule has 3 atom stereocenters. The molecule has 2 unspecified atom stereocenters. The van der Waals surface area contributed by atoms with Crippen molar-refractivity contribution in [2.45, 2.75) is 32.0 Å². The van der Waals surface area contributed by atoms with E-state index in [1.165, 1.54) is 4.90 Å². The van der Waals surface area contributed by atoms with Gasteiger partial charge in [-0.3, -0.25) is 4.79 Å². The molecule has 0 aliphatic carbocycles. The number of nitrogens with zero attached hydrogens (tertiary/aromatic N) is 3. The maximum Gasteiger partial charge on any atom is 0.290 e. The Balaban J connectivity index is 1.49. The molecule has 0 saturated carbocycles. The summed E-state index contributed by atoms with van der Waals surface area (Å²) in [6.45, 7) is 3.89. The van der Waals surface area contributed by atoms with E-state index in [0.717, 1.165) is 23.5 Å². The first-order chi connectivity index (χ1) is 17.3. The molecule has 2 saturated heterocycles. The van der Waals surface area contributed by atoms with E-state index < -0.39 is 41.5 Å². The number of carbonyl (C=O) groups excluding carboxylic acids is 1. The first-order valence-corrected chi connectivity index (χ1v) is 11.4. The van der Waals surface area contributed by atoms with Crippen LogP contribution in [0.2, 0.25) is 0 Å². The van der Waals surface area contributed by atoms with Crippen LogP contribution in [0.5, 0.6) is 5.75 Å². The number of imidazole rings is 1. The van der Waals surface area contributed by atoms with E-state index in [-0.39, 0.29) is 24.5 Å². The summed E-state index contributed by atoms with van der Waals surface area (Å²) >= 11 is 0. The summed E-state index contributed by atoms with van der Waals surface area (Å²) in [5, 5.41) is 0. The van der Waals surface area contributed by atoms with Gasteiger partial charge in [0.25, 0.3) is 5.91 Å². The Labute approximate surface area is 205 Å². The number of carbonyl (C=O) groups is 1. The highest BCUT2D eigenvalue weighted by Crippen LogP contribution is 2.36. The van der Waals surface area contributed by atoms with Crippen LogP contribution in [0.4, 0.5) is 13.2 Å². The van der Waals surface area contributed by atoms with E-state index in [4.69, 9.17) is 14.2 Å². The van der Waals surface area contributed by atoms with Crippen LogP contribution >= 0.6 is 0 Å². The second-order valence-electron chi connectivity index (χ2n) is 8.82. The van der Waals surface area contributed by atoms with Crippen molar-refractivity contribution in [1.82, 2.24) is 14.5 Å². The van der Waals surface area contributed by atoms with Crippen LogP contribution < -0.4 is 4.74 Å². The van der Waals surface area contributed by atoms with Crippen molar-refractivity contribution < 1.29 is 32.2 Å². The minimum Gasteiger partial charge on any atom is -0.495 e. The van der Waals surface area contributed by atoms with Crippen LogP contribution in [0.25, 0.3) is 11.8 Å². The summed E-state index contributed by atoms with van der Waals surface area (Å²) in [6, 6.07) is 5.93. The molecule has 1 aromatic heterocycles. The number of morpholine rings is 2. The average Bonchev–Trinajstić information content (AvgIpc) is 3.30. The topological polar surface area (TPSA) is 65.8 Å². The molecule has 7 nitrogen and oxygen atoms in total. The Morgan fingerprint density at radius 1 is 1.14 bits per heavy atom. The first-order valence-electron chi connectivity index (χ1n) is 11.4. The molecule has 1 amide bonds. The van der Waals surface area contributed by atoms with E-state index in [1.54, 1.807) is 32.5 Å². The number of aryl methyl sites for hydroxylation is 1. The predicted octanol–water partition coefficient (Wildman–Crippen LogP) is 4.33. The Morgan fingerprint density at radius 2 is 1.89 bits per heavy atom. The van der Waals surface area contributed by atoms with Crippen molar-refractivity contribution >= 4 is 12.0 Å². The third-order valence-corrected chi connectivity index (χ3v) is 6.44. The van der Waals surface area contributed by atoms with Crippen molar-refractivity contribution in [2.75, 3.05) is 20.3 Å². The normalized spacial score (nSPS) is 22.9. The molecule has 36 heavy (non-hydrogen) atoms. The van der Waals surface area contributed by atoms with E-state index in [2.05, 4.69) is 4.98 Å². The molecule has 2 aliphatic heterocycles. The highest BCUT2D eigenvalue weighted by molar-refractivity contribution is 5.97. The molecular formula is C26H24F3N3O4. The smallest absolute Gasteiger partial charge is 0.290 e. The number of ether oxygens (including phenoxy) is 3. The largest absolute Gasteiger partial charge is 0.495 e. The molecule has 10 heteroatoms. The molecule has 0 N–H and O–H groups in total. The van der Waals surface area contributed by atoms with Gasteiger partial charge in [0.1, 0.15) is 11.9 Å². The summed E-state index contributed by atoms with van der Waals surface area (Å²) in [5.74, 6) is -4.02. The summed E-state index contributed by atoms with van der Waals surface area (Å²) in [4.78, 5) is 19.3. The van der Waals surface area contributed by atoms with Gasteiger partial charge in [-0.05, 0) is 55.3 Å². The summed E-state index contributed by atoms with van der Waals surface area (Å²) < 4.78 is 60.4. The van der Waals surface area contributed by atoms with Crippen LogP contribution in [0, 0.1) is 24.4 Å². The number of hydrogen-bond acceptors (Lipinski definition) is 5. The number of fused-ring (bicyclic) bond motifs is 1. The molecule has 0 spiro atoms. The lowest BCUT2D eigenvalue weighted by molar-refractivity contribution is -0.166. The molecule has 2 aliphatic rings. The zero-order valence-electron chi connectivity index (χ0n) is 19.9. The van der Waals surface area contributed by atoms with Gasteiger partial charge in [0, 0.05) is 6.20 Å². The SMILES string of the molecule is COc1cc(/C=C2\O[C@H](C)C3COCC(c4cc(F)c(F)c(F)c4)N3C2=O)ccc1-n1cnc(C)c1. The number of halogens is 3. The fourth-order valence-corrected chi connectivity index (χ4v) is 4.62. The Bertz CT molecular complexity index is 1330. The molecule has 0 bridgehead atoms. The maximum atomic E-state index is 14.0. The van der Waals surface area contributed by atoms with Crippen molar-refractivity contribution in [3.05, 3.63) is 82.9 Å². The quantitative estimate of drug-likeness (QED) is 0.395. The van der Waals surface area contributed by atoms with Gasteiger partial charge in [0.2, 0.25) is 0 Å². The number of amides is 1. The molecule has 5 rings (SSSR count). The van der Waals surface area contributed by atoms with Crippen LogP contribution in [-0.4, -0.2) is 52.8 Å². The van der Waals surface area contributed by atoms with Crippen molar-refractivity contribution in [3.63, 3.8) is 0 Å². The number of methoxy groups -OCH3 is 1. The third-order valence-electron chi connectivity index (χ3n) is 6.44. The molecule has 3 heterocycles. The molecule has 2 fully saturated rings. The molecule has 188 valence electrons. The van der Waals surface area contributed by atoms with E-state index in [9.17, 15) is 18.0 Å². The zero-order valence-corrected chi connectivity index (χ0v) is 19.9.